The molecule has 1 amide bonds. The van der Waals surface area contributed by atoms with Crippen LogP contribution in [-0.4, -0.2) is 22.9 Å². The van der Waals surface area contributed by atoms with Gasteiger partial charge in [-0.05, 0) is 31.4 Å². The molecular formula is C17H22N2OS. The van der Waals surface area contributed by atoms with Gasteiger partial charge in [0.2, 0.25) is 0 Å². The molecule has 0 radical (unpaired) electrons. The first-order valence-electron chi connectivity index (χ1n) is 7.91. The number of benzene rings is 1. The van der Waals surface area contributed by atoms with E-state index in [2.05, 4.69) is 28.9 Å². The molecule has 3 nitrogen and oxygen atoms in total. The fourth-order valence-corrected chi connectivity index (χ4v) is 4.59. The SMILES string of the molecule is CCCN(C1=NC(=O)C2CCCCC2S1)c1ccccc1. The topological polar surface area (TPSA) is 32.7 Å². The summed E-state index contributed by atoms with van der Waals surface area (Å²) < 4.78 is 0. The lowest BCUT2D eigenvalue weighted by Crippen LogP contribution is -2.40. The van der Waals surface area contributed by atoms with E-state index in [0.29, 0.717) is 5.25 Å². The lowest BCUT2D eigenvalue weighted by atomic mass is 9.88. The smallest absolute Gasteiger partial charge is 0.252 e. The van der Waals surface area contributed by atoms with E-state index in [1.165, 1.54) is 12.8 Å². The molecule has 1 aromatic carbocycles. The van der Waals surface area contributed by atoms with Crippen LogP contribution in [0.4, 0.5) is 5.69 Å². The summed E-state index contributed by atoms with van der Waals surface area (Å²) in [6, 6.07) is 10.3. The summed E-state index contributed by atoms with van der Waals surface area (Å²) in [7, 11) is 0. The van der Waals surface area contributed by atoms with E-state index in [1.54, 1.807) is 0 Å². The quantitative estimate of drug-likeness (QED) is 0.843. The minimum atomic E-state index is 0.102. The Labute approximate surface area is 130 Å². The minimum absolute atomic E-state index is 0.102. The lowest BCUT2D eigenvalue weighted by molar-refractivity contribution is -0.122. The maximum Gasteiger partial charge on any atom is 0.252 e. The van der Waals surface area contributed by atoms with Gasteiger partial charge in [-0.2, -0.15) is 4.99 Å². The molecule has 4 heteroatoms. The van der Waals surface area contributed by atoms with Gasteiger partial charge in [-0.1, -0.05) is 49.7 Å². The summed E-state index contributed by atoms with van der Waals surface area (Å²) in [5.41, 5.74) is 1.13. The Hall–Kier alpha value is -1.29. The van der Waals surface area contributed by atoms with E-state index in [0.717, 1.165) is 36.7 Å². The summed E-state index contributed by atoms with van der Waals surface area (Å²) in [5, 5.41) is 1.33. The van der Waals surface area contributed by atoms with Gasteiger partial charge >= 0.3 is 0 Å². The standard InChI is InChI=1S/C17H22N2OS/c1-2-12-19(13-8-4-3-5-9-13)17-18-16(20)14-10-6-7-11-15(14)21-17/h3-5,8-9,14-15H,2,6-7,10-12H2,1H3. The molecule has 1 fully saturated rings. The Morgan fingerprint density at radius 3 is 2.76 bits per heavy atom. The monoisotopic (exact) mass is 302 g/mol. The number of aliphatic imine (C=N–C) groups is 1. The number of carbonyl (C=O) groups is 1. The van der Waals surface area contributed by atoms with E-state index >= 15 is 0 Å². The van der Waals surface area contributed by atoms with E-state index < -0.39 is 0 Å². The fourth-order valence-electron chi connectivity index (χ4n) is 3.15. The second-order valence-electron chi connectivity index (χ2n) is 5.77. The van der Waals surface area contributed by atoms with Crippen LogP contribution in [0.25, 0.3) is 0 Å². The number of para-hydroxylation sites is 1. The van der Waals surface area contributed by atoms with Gasteiger partial charge in [0.05, 0.1) is 5.92 Å². The van der Waals surface area contributed by atoms with Gasteiger partial charge in [0.1, 0.15) is 0 Å². The number of hydrogen-bond acceptors (Lipinski definition) is 3. The highest BCUT2D eigenvalue weighted by molar-refractivity contribution is 8.14. The van der Waals surface area contributed by atoms with Crippen molar-refractivity contribution < 1.29 is 4.79 Å². The Kier molecular flexibility index (Phi) is 4.63. The average Bonchev–Trinajstić information content (AvgIpc) is 2.53. The molecule has 0 N–H and O–H groups in total. The van der Waals surface area contributed by atoms with Crippen LogP contribution < -0.4 is 4.90 Å². The number of fused-ring (bicyclic) bond motifs is 1. The predicted molar refractivity (Wildman–Crippen MR) is 89.9 cm³/mol. The minimum Gasteiger partial charge on any atom is -0.321 e. The van der Waals surface area contributed by atoms with Crippen molar-refractivity contribution in [3.05, 3.63) is 30.3 Å². The summed E-state index contributed by atoms with van der Waals surface area (Å²) in [6.07, 6.45) is 5.63. The highest BCUT2D eigenvalue weighted by Crippen LogP contribution is 2.39. The van der Waals surface area contributed by atoms with Crippen molar-refractivity contribution >= 4 is 28.5 Å². The number of amides is 1. The van der Waals surface area contributed by atoms with Crippen molar-refractivity contribution in [2.24, 2.45) is 10.9 Å². The average molecular weight is 302 g/mol. The van der Waals surface area contributed by atoms with Gasteiger partial charge in [-0.15, -0.1) is 0 Å². The molecule has 2 unspecified atom stereocenters. The van der Waals surface area contributed by atoms with Crippen LogP contribution in [-0.2, 0) is 4.79 Å². The normalized spacial score (nSPS) is 25.2. The molecule has 0 bridgehead atoms. The Bertz CT molecular complexity index is 529. The van der Waals surface area contributed by atoms with Gasteiger partial charge in [0.25, 0.3) is 5.91 Å². The van der Waals surface area contributed by atoms with Crippen molar-refractivity contribution in [1.82, 2.24) is 0 Å². The first kappa shape index (κ1) is 14.6. The maximum absolute atomic E-state index is 12.4. The van der Waals surface area contributed by atoms with Gasteiger partial charge in [0, 0.05) is 17.5 Å². The molecule has 2 aliphatic rings. The van der Waals surface area contributed by atoms with Gasteiger partial charge in [-0.25, -0.2) is 0 Å². The molecule has 2 atom stereocenters. The third-order valence-electron chi connectivity index (χ3n) is 4.23. The molecule has 1 aliphatic carbocycles. The predicted octanol–water partition coefficient (Wildman–Crippen LogP) is 4.09. The van der Waals surface area contributed by atoms with Crippen molar-refractivity contribution in [3.63, 3.8) is 0 Å². The third kappa shape index (κ3) is 3.15. The second kappa shape index (κ2) is 6.65. The zero-order chi connectivity index (χ0) is 14.7. The number of thioether (sulfide) groups is 1. The van der Waals surface area contributed by atoms with Crippen molar-refractivity contribution in [1.29, 1.82) is 0 Å². The first-order chi connectivity index (χ1) is 10.3. The molecule has 1 aliphatic heterocycles. The number of nitrogens with zero attached hydrogens (tertiary/aromatic N) is 2. The van der Waals surface area contributed by atoms with Crippen LogP contribution in [0.5, 0.6) is 0 Å². The fraction of sp³-hybridized carbons (Fsp3) is 0.529. The van der Waals surface area contributed by atoms with Crippen LogP contribution in [0.3, 0.4) is 0 Å². The molecule has 0 saturated heterocycles. The van der Waals surface area contributed by atoms with Crippen LogP contribution in [0.1, 0.15) is 39.0 Å². The Morgan fingerprint density at radius 2 is 2.00 bits per heavy atom. The molecule has 3 rings (SSSR count). The van der Waals surface area contributed by atoms with Gasteiger partial charge in [0.15, 0.2) is 5.17 Å². The summed E-state index contributed by atoms with van der Waals surface area (Å²) in [6.45, 7) is 3.07. The van der Waals surface area contributed by atoms with Crippen molar-refractivity contribution in [3.8, 4) is 0 Å². The van der Waals surface area contributed by atoms with Crippen LogP contribution in [0.15, 0.2) is 35.3 Å². The van der Waals surface area contributed by atoms with E-state index in [-0.39, 0.29) is 11.8 Å². The second-order valence-corrected chi connectivity index (χ2v) is 6.97. The number of hydrogen-bond donors (Lipinski definition) is 0. The number of rotatable bonds is 3. The number of amidine groups is 1. The molecule has 112 valence electrons. The largest absolute Gasteiger partial charge is 0.321 e. The van der Waals surface area contributed by atoms with E-state index in [9.17, 15) is 4.79 Å². The molecular weight excluding hydrogens is 280 g/mol. The van der Waals surface area contributed by atoms with Crippen molar-refractivity contribution in [2.75, 3.05) is 11.4 Å². The number of anilines is 1. The Balaban J connectivity index is 1.87. The maximum atomic E-state index is 12.4. The van der Waals surface area contributed by atoms with Gasteiger partial charge in [-0.3, -0.25) is 4.79 Å². The summed E-state index contributed by atoms with van der Waals surface area (Å²) in [5.74, 6) is 0.261. The lowest BCUT2D eigenvalue weighted by Gasteiger charge is -2.36. The molecule has 1 saturated carbocycles. The number of carbonyl (C=O) groups excluding carboxylic acids is 1. The first-order valence-corrected chi connectivity index (χ1v) is 8.79. The molecule has 1 aromatic rings. The summed E-state index contributed by atoms with van der Waals surface area (Å²) in [4.78, 5) is 19.0. The zero-order valence-corrected chi connectivity index (χ0v) is 13.3. The molecule has 0 spiro atoms. The van der Waals surface area contributed by atoms with E-state index in [1.807, 2.05) is 30.0 Å². The van der Waals surface area contributed by atoms with Crippen LogP contribution in [0, 0.1) is 5.92 Å². The zero-order valence-electron chi connectivity index (χ0n) is 12.5. The van der Waals surface area contributed by atoms with Crippen LogP contribution in [0.2, 0.25) is 0 Å². The molecule has 0 aromatic heterocycles. The third-order valence-corrected chi connectivity index (χ3v) is 5.62. The summed E-state index contributed by atoms with van der Waals surface area (Å²) >= 11 is 1.82. The van der Waals surface area contributed by atoms with Gasteiger partial charge < -0.3 is 4.90 Å². The highest BCUT2D eigenvalue weighted by Gasteiger charge is 2.37. The van der Waals surface area contributed by atoms with Crippen LogP contribution >= 0.6 is 11.8 Å². The van der Waals surface area contributed by atoms with E-state index in [4.69, 9.17) is 0 Å². The Morgan fingerprint density at radius 1 is 1.24 bits per heavy atom. The highest BCUT2D eigenvalue weighted by atomic mass is 32.2. The molecule has 21 heavy (non-hydrogen) atoms. The molecule has 1 heterocycles. The van der Waals surface area contributed by atoms with Crippen molar-refractivity contribution in [2.45, 2.75) is 44.3 Å².